The van der Waals surface area contributed by atoms with Crippen LogP contribution in [0.2, 0.25) is 0 Å². The highest BCUT2D eigenvalue weighted by molar-refractivity contribution is 7.09. The summed E-state index contributed by atoms with van der Waals surface area (Å²) in [7, 11) is 0. The molecule has 5 heteroatoms. The summed E-state index contributed by atoms with van der Waals surface area (Å²) in [5, 5.41) is 2.89. The zero-order valence-corrected chi connectivity index (χ0v) is 16.2. The van der Waals surface area contributed by atoms with Gasteiger partial charge in [0.2, 0.25) is 0 Å². The molecule has 0 spiro atoms. The second-order valence-electron chi connectivity index (χ2n) is 8.08. The van der Waals surface area contributed by atoms with Crippen molar-refractivity contribution in [2.75, 3.05) is 19.6 Å². The van der Waals surface area contributed by atoms with Crippen molar-refractivity contribution in [3.63, 3.8) is 0 Å². The Kier molecular flexibility index (Phi) is 3.90. The number of likely N-dealkylation sites (tertiary alicyclic amines) is 1. The van der Waals surface area contributed by atoms with Crippen LogP contribution in [-0.2, 0) is 0 Å². The molecule has 2 bridgehead atoms. The lowest BCUT2D eigenvalue weighted by Crippen LogP contribution is -2.60. The summed E-state index contributed by atoms with van der Waals surface area (Å²) in [5.74, 6) is 1.18. The van der Waals surface area contributed by atoms with Crippen molar-refractivity contribution < 1.29 is 4.79 Å². The number of carbonyl (C=O) groups is 1. The number of piperidine rings is 3. The van der Waals surface area contributed by atoms with Gasteiger partial charge in [0, 0.05) is 23.9 Å². The first kappa shape index (κ1) is 16.5. The predicted octanol–water partition coefficient (Wildman–Crippen LogP) is 3.46. The van der Waals surface area contributed by atoms with E-state index < -0.39 is 0 Å². The van der Waals surface area contributed by atoms with Crippen LogP contribution in [0.4, 0.5) is 0 Å². The molecule has 1 aromatic heterocycles. The molecule has 0 N–H and O–H groups in total. The van der Waals surface area contributed by atoms with Gasteiger partial charge in [-0.25, -0.2) is 4.98 Å². The highest BCUT2D eigenvalue weighted by Gasteiger charge is 2.54. The van der Waals surface area contributed by atoms with Crippen LogP contribution in [0, 0.1) is 19.8 Å². The maximum atomic E-state index is 13.3. The summed E-state index contributed by atoms with van der Waals surface area (Å²) in [4.78, 5) is 22.6. The van der Waals surface area contributed by atoms with Gasteiger partial charge >= 0.3 is 0 Å². The van der Waals surface area contributed by atoms with E-state index in [0.717, 1.165) is 11.6 Å². The lowest BCUT2D eigenvalue weighted by atomic mass is 9.75. The van der Waals surface area contributed by atoms with Crippen LogP contribution in [-0.4, -0.2) is 52.4 Å². The van der Waals surface area contributed by atoms with Crippen LogP contribution in [0.5, 0.6) is 0 Å². The van der Waals surface area contributed by atoms with E-state index in [4.69, 9.17) is 0 Å². The van der Waals surface area contributed by atoms with Gasteiger partial charge in [0.1, 0.15) is 5.69 Å². The fourth-order valence-electron chi connectivity index (χ4n) is 5.37. The molecule has 4 nitrogen and oxygen atoms in total. The Balaban J connectivity index is 1.52. The number of rotatable bonds is 2. The molecule has 0 unspecified atom stereocenters. The van der Waals surface area contributed by atoms with Crippen molar-refractivity contribution in [1.29, 1.82) is 0 Å². The molecule has 136 valence electrons. The molecular weight excluding hydrogens is 342 g/mol. The quantitative estimate of drug-likeness (QED) is 0.816. The monoisotopic (exact) mass is 367 g/mol. The van der Waals surface area contributed by atoms with Crippen molar-refractivity contribution in [1.82, 2.24) is 14.8 Å². The Morgan fingerprint density at radius 1 is 1.12 bits per heavy atom. The number of hydrogen-bond acceptors (Lipinski definition) is 4. The Labute approximate surface area is 158 Å². The second kappa shape index (κ2) is 6.17. The normalized spacial score (nSPS) is 32.7. The minimum atomic E-state index is 0.132. The van der Waals surface area contributed by atoms with Crippen LogP contribution in [0.3, 0.4) is 0 Å². The topological polar surface area (TPSA) is 36.4 Å². The number of amides is 1. The molecule has 4 saturated heterocycles. The van der Waals surface area contributed by atoms with Gasteiger partial charge in [-0.2, -0.15) is 0 Å². The smallest absolute Gasteiger partial charge is 0.273 e. The molecule has 6 rings (SSSR count). The largest absolute Gasteiger partial charge is 0.332 e. The van der Waals surface area contributed by atoms with Gasteiger partial charge in [-0.3, -0.25) is 9.69 Å². The molecule has 0 saturated carbocycles. The van der Waals surface area contributed by atoms with E-state index in [0.29, 0.717) is 29.6 Å². The number of aromatic nitrogens is 1. The van der Waals surface area contributed by atoms with Gasteiger partial charge in [-0.1, -0.05) is 29.8 Å². The minimum absolute atomic E-state index is 0.132. The fourth-order valence-corrected chi connectivity index (χ4v) is 5.96. The van der Waals surface area contributed by atoms with Gasteiger partial charge in [-0.05, 0) is 51.3 Å². The van der Waals surface area contributed by atoms with E-state index in [1.54, 1.807) is 11.3 Å². The third kappa shape index (κ3) is 2.52. The van der Waals surface area contributed by atoms with Gasteiger partial charge in [0.15, 0.2) is 0 Å². The van der Waals surface area contributed by atoms with Crippen molar-refractivity contribution in [3.05, 3.63) is 51.5 Å². The van der Waals surface area contributed by atoms with Crippen molar-refractivity contribution in [3.8, 4) is 0 Å². The summed E-state index contributed by atoms with van der Waals surface area (Å²) in [6.07, 6.45) is 2.45. The lowest BCUT2D eigenvalue weighted by molar-refractivity contribution is -0.00356. The molecule has 2 aromatic rings. The zero-order chi connectivity index (χ0) is 17.8. The van der Waals surface area contributed by atoms with E-state index in [1.165, 1.54) is 37.1 Å². The Hall–Kier alpha value is -1.72. The summed E-state index contributed by atoms with van der Waals surface area (Å²) in [6.45, 7) is 7.30. The number of aryl methyl sites for hydroxylation is 2. The average Bonchev–Trinajstić information content (AvgIpc) is 3.28. The van der Waals surface area contributed by atoms with Crippen LogP contribution in [0.25, 0.3) is 0 Å². The number of nitrogens with zero attached hydrogens (tertiary/aromatic N) is 3. The molecule has 1 aromatic carbocycles. The van der Waals surface area contributed by atoms with Gasteiger partial charge in [-0.15, -0.1) is 11.3 Å². The first-order chi connectivity index (χ1) is 12.6. The van der Waals surface area contributed by atoms with E-state index in [-0.39, 0.29) is 5.91 Å². The maximum absolute atomic E-state index is 13.3. The predicted molar refractivity (Wildman–Crippen MR) is 104 cm³/mol. The molecule has 26 heavy (non-hydrogen) atoms. The van der Waals surface area contributed by atoms with Gasteiger partial charge in [0.25, 0.3) is 5.91 Å². The zero-order valence-electron chi connectivity index (χ0n) is 15.4. The third-order valence-electron chi connectivity index (χ3n) is 6.60. The summed E-state index contributed by atoms with van der Waals surface area (Å²) < 4.78 is 0. The summed E-state index contributed by atoms with van der Waals surface area (Å²) in [5.41, 5.74) is 3.30. The summed E-state index contributed by atoms with van der Waals surface area (Å²) in [6, 6.07) is 9.75. The minimum Gasteiger partial charge on any atom is -0.332 e. The molecule has 3 atom stereocenters. The average molecular weight is 368 g/mol. The molecule has 4 aliphatic rings. The van der Waals surface area contributed by atoms with E-state index in [1.807, 2.05) is 12.3 Å². The number of benzene rings is 1. The van der Waals surface area contributed by atoms with Crippen LogP contribution in [0.1, 0.15) is 45.4 Å². The third-order valence-corrected chi connectivity index (χ3v) is 7.37. The molecule has 5 heterocycles. The maximum Gasteiger partial charge on any atom is 0.273 e. The number of hydrogen-bond donors (Lipinski definition) is 0. The highest BCUT2D eigenvalue weighted by atomic mass is 32.1. The molecule has 4 aliphatic heterocycles. The van der Waals surface area contributed by atoms with Crippen LogP contribution >= 0.6 is 11.3 Å². The van der Waals surface area contributed by atoms with Crippen LogP contribution < -0.4 is 0 Å². The van der Waals surface area contributed by atoms with Gasteiger partial charge < -0.3 is 4.90 Å². The van der Waals surface area contributed by atoms with E-state index >= 15 is 0 Å². The van der Waals surface area contributed by atoms with E-state index in [2.05, 4.69) is 46.0 Å². The first-order valence-corrected chi connectivity index (χ1v) is 10.5. The van der Waals surface area contributed by atoms with E-state index in [9.17, 15) is 4.79 Å². The standard InChI is InChI=1S/C21H25N3OS/c1-13-3-5-15(6-4-13)17-11-24(21(25)18-12-26-14(2)22-18)19-16-7-9-23(10-8-16)20(17)19/h3-6,12,16-17,19-20H,7-11H2,1-2H3/t17-,19+,20+/m0/s1. The Bertz CT molecular complexity index is 822. The second-order valence-corrected chi connectivity index (χ2v) is 9.14. The Morgan fingerprint density at radius 2 is 1.85 bits per heavy atom. The van der Waals surface area contributed by atoms with Crippen molar-refractivity contribution >= 4 is 17.2 Å². The molecule has 0 radical (unpaired) electrons. The highest BCUT2D eigenvalue weighted by Crippen LogP contribution is 2.46. The first-order valence-electron chi connectivity index (χ1n) is 9.65. The number of carbonyl (C=O) groups excluding carboxylic acids is 1. The summed E-state index contributed by atoms with van der Waals surface area (Å²) >= 11 is 1.57. The number of fused-ring (bicyclic) bond motifs is 2. The Morgan fingerprint density at radius 3 is 2.50 bits per heavy atom. The van der Waals surface area contributed by atoms with Crippen molar-refractivity contribution in [2.45, 2.75) is 44.7 Å². The number of thiazole rings is 1. The molecule has 4 fully saturated rings. The molecule has 1 amide bonds. The molecular formula is C21H25N3OS. The molecule has 0 aliphatic carbocycles. The SMILES string of the molecule is Cc1ccc([C@@H]2CN(C(=O)c3csc(C)n3)[C@@H]3C4CCN(CC4)[C@@H]32)cc1. The lowest BCUT2D eigenvalue weighted by Gasteiger charge is -2.51. The fraction of sp³-hybridized carbons (Fsp3) is 0.524. The van der Waals surface area contributed by atoms with Crippen molar-refractivity contribution in [2.24, 2.45) is 5.92 Å². The van der Waals surface area contributed by atoms with Crippen LogP contribution in [0.15, 0.2) is 29.6 Å². The van der Waals surface area contributed by atoms with Gasteiger partial charge in [0.05, 0.1) is 11.0 Å².